The summed E-state index contributed by atoms with van der Waals surface area (Å²) in [5, 5.41) is 12.3. The highest BCUT2D eigenvalue weighted by Gasteiger charge is 2.33. The van der Waals surface area contributed by atoms with E-state index in [0.29, 0.717) is 17.8 Å². The number of nitrogens with zero attached hydrogens (tertiary/aromatic N) is 3. The second-order valence-electron chi connectivity index (χ2n) is 3.37. The monoisotopic (exact) mass is 225 g/mol. The Bertz CT molecular complexity index is 449. The van der Waals surface area contributed by atoms with Gasteiger partial charge in [-0.1, -0.05) is 5.16 Å². The van der Waals surface area contributed by atoms with E-state index in [2.05, 4.69) is 5.16 Å². The highest BCUT2D eigenvalue weighted by Crippen LogP contribution is 2.28. The number of hydrogen-bond acceptors (Lipinski definition) is 4. The minimum atomic E-state index is -0.227. The summed E-state index contributed by atoms with van der Waals surface area (Å²) in [6.07, 6.45) is 0.270. The maximum atomic E-state index is 11.5. The Morgan fingerprint density at radius 2 is 2.47 bits per heavy atom. The van der Waals surface area contributed by atoms with E-state index in [1.54, 1.807) is 6.92 Å². The van der Waals surface area contributed by atoms with Crippen LogP contribution in [-0.2, 0) is 4.79 Å². The first-order chi connectivity index (χ1) is 7.13. The van der Waals surface area contributed by atoms with Crippen LogP contribution in [0.2, 0.25) is 0 Å². The quantitative estimate of drug-likeness (QED) is 0.674. The summed E-state index contributed by atoms with van der Waals surface area (Å²) in [5.41, 5.74) is 0.785. The Labute approximate surface area is 91.2 Å². The van der Waals surface area contributed by atoms with Crippen LogP contribution in [0, 0.1) is 18.3 Å². The molecule has 1 amide bonds. The van der Waals surface area contributed by atoms with Crippen LogP contribution in [0.4, 0.5) is 5.88 Å². The fourth-order valence-electron chi connectivity index (χ4n) is 1.53. The minimum Gasteiger partial charge on any atom is -0.336 e. The minimum absolute atomic E-state index is 0.136. The van der Waals surface area contributed by atoms with Gasteiger partial charge in [0.25, 0.3) is 5.88 Å². The molecule has 0 N–H and O–H groups in total. The van der Waals surface area contributed by atoms with Gasteiger partial charge in [0.2, 0.25) is 5.91 Å². The van der Waals surface area contributed by atoms with Gasteiger partial charge in [-0.05, 0) is 6.92 Å². The number of aryl methyl sites for hydroxylation is 1. The van der Waals surface area contributed by atoms with Gasteiger partial charge in [-0.25, -0.2) is 0 Å². The van der Waals surface area contributed by atoms with Crippen molar-refractivity contribution in [3.63, 3.8) is 0 Å². The molecular weight excluding hydrogens is 218 g/mol. The van der Waals surface area contributed by atoms with Crippen LogP contribution in [0.3, 0.4) is 0 Å². The van der Waals surface area contributed by atoms with E-state index in [1.165, 1.54) is 4.90 Å². The Balaban J connectivity index is 2.39. The van der Waals surface area contributed by atoms with Crippen molar-refractivity contribution in [2.45, 2.75) is 18.7 Å². The molecule has 0 aliphatic carbocycles. The maximum absolute atomic E-state index is 11.5. The van der Waals surface area contributed by atoms with Crippen LogP contribution in [0.25, 0.3) is 0 Å². The molecule has 2 rings (SSSR count). The van der Waals surface area contributed by atoms with Crippen molar-refractivity contribution in [3.8, 4) is 6.07 Å². The van der Waals surface area contributed by atoms with Crippen molar-refractivity contribution in [3.05, 3.63) is 11.3 Å². The molecule has 1 saturated heterocycles. The van der Waals surface area contributed by atoms with E-state index in [1.807, 2.05) is 6.07 Å². The number of hydrogen-bond donors (Lipinski definition) is 0. The smallest absolute Gasteiger partial charge is 0.252 e. The van der Waals surface area contributed by atoms with Gasteiger partial charge in [-0.2, -0.15) is 5.26 Å². The maximum Gasteiger partial charge on any atom is 0.252 e. The predicted octanol–water partition coefficient (Wildman–Crippen LogP) is 1.20. The van der Waals surface area contributed by atoms with Crippen LogP contribution in [0.5, 0.6) is 0 Å². The van der Waals surface area contributed by atoms with Crippen molar-refractivity contribution < 1.29 is 9.32 Å². The second kappa shape index (κ2) is 3.55. The predicted molar refractivity (Wildman–Crippen MR) is 52.6 cm³/mol. The molecule has 0 aromatic carbocycles. The van der Waals surface area contributed by atoms with E-state index in [9.17, 15) is 4.79 Å². The van der Waals surface area contributed by atoms with E-state index >= 15 is 0 Å². The van der Waals surface area contributed by atoms with Gasteiger partial charge < -0.3 is 4.52 Å². The number of alkyl halides is 1. The zero-order valence-corrected chi connectivity index (χ0v) is 8.78. The van der Waals surface area contributed by atoms with Gasteiger partial charge in [0, 0.05) is 13.0 Å². The van der Waals surface area contributed by atoms with Gasteiger partial charge in [-0.15, -0.1) is 11.6 Å². The molecule has 78 valence electrons. The summed E-state index contributed by atoms with van der Waals surface area (Å²) in [6.45, 7) is 2.02. The zero-order valence-electron chi connectivity index (χ0n) is 8.03. The molecule has 1 aliphatic rings. The molecule has 1 unspecified atom stereocenters. The summed E-state index contributed by atoms with van der Waals surface area (Å²) in [4.78, 5) is 12.9. The van der Waals surface area contributed by atoms with Gasteiger partial charge >= 0.3 is 0 Å². The second-order valence-corrected chi connectivity index (χ2v) is 3.98. The number of anilines is 1. The average molecular weight is 226 g/mol. The summed E-state index contributed by atoms with van der Waals surface area (Å²) in [5.74, 6) is 0.0748. The van der Waals surface area contributed by atoms with Gasteiger partial charge in [0.05, 0.1) is 5.38 Å². The van der Waals surface area contributed by atoms with Crippen molar-refractivity contribution in [1.82, 2.24) is 5.16 Å². The number of aromatic nitrogens is 1. The number of nitriles is 1. The average Bonchev–Trinajstić information content (AvgIpc) is 2.69. The number of rotatable bonds is 1. The van der Waals surface area contributed by atoms with Crippen LogP contribution < -0.4 is 4.90 Å². The van der Waals surface area contributed by atoms with Crippen molar-refractivity contribution in [2.24, 2.45) is 0 Å². The lowest BCUT2D eigenvalue weighted by molar-refractivity contribution is -0.117. The molecule has 15 heavy (non-hydrogen) atoms. The summed E-state index contributed by atoms with van der Waals surface area (Å²) >= 11 is 5.85. The molecule has 2 heterocycles. The lowest BCUT2D eigenvalue weighted by atomic mass is 10.2. The highest BCUT2D eigenvalue weighted by molar-refractivity contribution is 6.24. The zero-order chi connectivity index (χ0) is 11.0. The van der Waals surface area contributed by atoms with E-state index < -0.39 is 0 Å². The SMILES string of the molecule is Cc1noc(N2CC(Cl)CC2=O)c1C#N. The van der Waals surface area contributed by atoms with Crippen LogP contribution >= 0.6 is 11.6 Å². The Morgan fingerprint density at radius 1 is 1.73 bits per heavy atom. The molecule has 0 spiro atoms. The van der Waals surface area contributed by atoms with Crippen molar-refractivity contribution in [1.29, 1.82) is 5.26 Å². The number of carbonyl (C=O) groups is 1. The van der Waals surface area contributed by atoms with Crippen molar-refractivity contribution >= 4 is 23.4 Å². The van der Waals surface area contributed by atoms with E-state index in [4.69, 9.17) is 21.4 Å². The lowest BCUT2D eigenvalue weighted by Crippen LogP contribution is -2.24. The Morgan fingerprint density at radius 3 is 3.00 bits per heavy atom. The summed E-state index contributed by atoms with van der Waals surface area (Å²) in [7, 11) is 0. The molecule has 1 aromatic rings. The van der Waals surface area contributed by atoms with Crippen molar-refractivity contribution in [2.75, 3.05) is 11.4 Å². The Hall–Kier alpha value is -1.54. The number of halogens is 1. The fraction of sp³-hybridized carbons (Fsp3) is 0.444. The normalized spacial score (nSPS) is 20.7. The molecule has 0 radical (unpaired) electrons. The fourth-order valence-corrected chi connectivity index (χ4v) is 1.80. The van der Waals surface area contributed by atoms with Crippen LogP contribution in [-0.4, -0.2) is 23.0 Å². The molecule has 0 saturated carbocycles. The summed E-state index contributed by atoms with van der Waals surface area (Å²) in [6, 6.07) is 1.96. The van der Waals surface area contributed by atoms with E-state index in [0.717, 1.165) is 0 Å². The molecule has 0 bridgehead atoms. The molecular formula is C9H8ClN3O2. The first kappa shape index (κ1) is 9.99. The van der Waals surface area contributed by atoms with Gasteiger partial charge in [0.15, 0.2) is 0 Å². The van der Waals surface area contributed by atoms with Gasteiger partial charge in [0.1, 0.15) is 17.3 Å². The number of amides is 1. The molecule has 1 atom stereocenters. The lowest BCUT2D eigenvalue weighted by Gasteiger charge is -2.10. The molecule has 6 heteroatoms. The third kappa shape index (κ3) is 1.57. The largest absolute Gasteiger partial charge is 0.336 e. The molecule has 1 fully saturated rings. The first-order valence-corrected chi connectivity index (χ1v) is 4.88. The molecule has 5 nitrogen and oxygen atoms in total. The Kier molecular flexibility index (Phi) is 2.37. The molecule has 1 aliphatic heterocycles. The topological polar surface area (TPSA) is 70.1 Å². The van der Waals surface area contributed by atoms with E-state index in [-0.39, 0.29) is 23.6 Å². The first-order valence-electron chi connectivity index (χ1n) is 4.44. The third-order valence-electron chi connectivity index (χ3n) is 2.28. The van der Waals surface area contributed by atoms with Gasteiger partial charge in [-0.3, -0.25) is 9.69 Å². The third-order valence-corrected chi connectivity index (χ3v) is 2.57. The van der Waals surface area contributed by atoms with Crippen LogP contribution in [0.15, 0.2) is 4.52 Å². The number of carbonyl (C=O) groups excluding carboxylic acids is 1. The standard InChI is InChI=1S/C9H8ClN3O2/c1-5-7(3-11)9(15-12-5)13-4-6(10)2-8(13)14/h6H,2,4H2,1H3. The summed E-state index contributed by atoms with van der Waals surface area (Å²) < 4.78 is 4.96. The molecule has 1 aromatic heterocycles. The highest BCUT2D eigenvalue weighted by atomic mass is 35.5. The van der Waals surface area contributed by atoms with Crippen LogP contribution in [0.1, 0.15) is 17.7 Å².